The molecule has 0 bridgehead atoms. The third-order valence-electron chi connectivity index (χ3n) is 9.31. The van der Waals surface area contributed by atoms with Crippen molar-refractivity contribution in [3.8, 4) is 22.5 Å². The standard InChI is InChI=1S/C18H18N6O4.C18H19N5O2.HNO3/c1-3-4-10-22-12(11-8-6-5-7-9-11)16(24(27)28)23-13-14(19-17(22)23)21(2)18(26)20-15(13)25;1-3-4-10-22-13(12-8-6-5-7-9-12)11-23-14-15(19-17(22)23)21(2)18(25)20-16(14)24;2-1(3)4/h5-9H,3-4,10H2,1-2H3,(H,20,25,26);5-9,11H,3-4,10H2,1-2H3,(H,20,24,25);(H,2,3,4). The number of aromatic nitrogens is 10. The molecule has 0 unspecified atom stereocenters. The van der Waals surface area contributed by atoms with Crippen molar-refractivity contribution in [3.63, 3.8) is 0 Å². The summed E-state index contributed by atoms with van der Waals surface area (Å²) in [5, 5.41) is 25.7. The van der Waals surface area contributed by atoms with Crippen molar-refractivity contribution < 1.29 is 15.2 Å². The second-order valence-electron chi connectivity index (χ2n) is 12.9. The van der Waals surface area contributed by atoms with E-state index in [2.05, 4.69) is 31.4 Å². The van der Waals surface area contributed by atoms with Crippen molar-refractivity contribution in [3.05, 3.63) is 129 Å². The first-order valence-electron chi connectivity index (χ1n) is 17.8. The van der Waals surface area contributed by atoms with Gasteiger partial charge in [0.2, 0.25) is 11.3 Å². The summed E-state index contributed by atoms with van der Waals surface area (Å²) >= 11 is 0. The van der Waals surface area contributed by atoms with E-state index in [1.54, 1.807) is 40.3 Å². The van der Waals surface area contributed by atoms with Gasteiger partial charge in [-0.2, -0.15) is 9.97 Å². The van der Waals surface area contributed by atoms with Gasteiger partial charge in [0, 0.05) is 38.9 Å². The van der Waals surface area contributed by atoms with Gasteiger partial charge in [0.1, 0.15) is 5.69 Å². The van der Waals surface area contributed by atoms with Gasteiger partial charge in [-0.3, -0.25) is 37.7 Å². The van der Waals surface area contributed by atoms with Crippen LogP contribution in [-0.2, 0) is 27.2 Å². The number of fused-ring (bicyclic) bond motifs is 6. The zero-order valence-corrected chi connectivity index (χ0v) is 31.3. The molecule has 8 aromatic rings. The van der Waals surface area contributed by atoms with Crippen LogP contribution < -0.4 is 22.5 Å². The molecule has 0 aliphatic carbocycles. The molecule has 296 valence electrons. The first-order chi connectivity index (χ1) is 27.3. The Hall–Kier alpha value is -7.58. The number of nitrogens with zero attached hydrogens (tertiary/aromatic N) is 10. The van der Waals surface area contributed by atoms with E-state index in [0.717, 1.165) is 43.5 Å². The minimum Gasteiger partial charge on any atom is -0.358 e. The highest BCUT2D eigenvalue weighted by molar-refractivity contribution is 5.83. The maximum absolute atomic E-state index is 12.5. The Balaban J connectivity index is 0.000000177. The van der Waals surface area contributed by atoms with E-state index in [1.165, 1.54) is 20.6 Å². The van der Waals surface area contributed by atoms with E-state index in [9.17, 15) is 29.3 Å². The highest BCUT2D eigenvalue weighted by Crippen LogP contribution is 2.35. The Morgan fingerprint density at radius 3 is 1.70 bits per heavy atom. The Morgan fingerprint density at radius 1 is 0.702 bits per heavy atom. The Bertz CT molecular complexity index is 3010. The quantitative estimate of drug-likeness (QED) is 0.140. The molecule has 2 aromatic carbocycles. The number of unbranched alkanes of at least 4 members (excludes halogenated alkanes) is 2. The predicted molar refractivity (Wildman–Crippen MR) is 209 cm³/mol. The molecule has 0 saturated heterocycles. The molecule has 0 spiro atoms. The molecule has 21 nitrogen and oxygen atoms in total. The third-order valence-corrected chi connectivity index (χ3v) is 9.31. The lowest BCUT2D eigenvalue weighted by molar-refractivity contribution is -0.742. The minimum atomic E-state index is -1.50. The second-order valence-corrected chi connectivity index (χ2v) is 12.9. The zero-order chi connectivity index (χ0) is 41.1. The molecule has 0 saturated carbocycles. The summed E-state index contributed by atoms with van der Waals surface area (Å²) < 4.78 is 9.44. The second kappa shape index (κ2) is 16.0. The molecule has 3 N–H and O–H groups in total. The summed E-state index contributed by atoms with van der Waals surface area (Å²) in [5.41, 5.74) is 1.79. The minimum absolute atomic E-state index is 0.0174. The van der Waals surface area contributed by atoms with Crippen molar-refractivity contribution in [2.75, 3.05) is 0 Å². The summed E-state index contributed by atoms with van der Waals surface area (Å²) in [6.07, 6.45) is 5.64. The summed E-state index contributed by atoms with van der Waals surface area (Å²) in [7, 11) is 3.08. The lowest BCUT2D eigenvalue weighted by atomic mass is 10.1. The van der Waals surface area contributed by atoms with Gasteiger partial charge in [-0.25, -0.2) is 9.59 Å². The van der Waals surface area contributed by atoms with E-state index >= 15 is 0 Å². The number of rotatable bonds is 9. The summed E-state index contributed by atoms with van der Waals surface area (Å²) in [4.78, 5) is 82.2. The lowest BCUT2D eigenvalue weighted by Gasteiger charge is -2.08. The molecule has 6 heterocycles. The topological polar surface area (TPSA) is 261 Å². The van der Waals surface area contributed by atoms with Crippen LogP contribution >= 0.6 is 0 Å². The van der Waals surface area contributed by atoms with Crippen LogP contribution in [0.25, 0.3) is 56.4 Å². The molecule has 0 fully saturated rings. The summed E-state index contributed by atoms with van der Waals surface area (Å²) in [5.74, 6) is 0.693. The maximum Gasteiger partial charge on any atom is 0.355 e. The first-order valence-corrected chi connectivity index (χ1v) is 17.8. The van der Waals surface area contributed by atoms with Gasteiger partial charge in [-0.05, 0) is 23.3 Å². The fourth-order valence-corrected chi connectivity index (χ4v) is 6.64. The van der Waals surface area contributed by atoms with Crippen LogP contribution in [0, 0.1) is 20.2 Å². The van der Waals surface area contributed by atoms with Crippen molar-refractivity contribution >= 4 is 39.7 Å². The van der Waals surface area contributed by atoms with Gasteiger partial charge in [-0.1, -0.05) is 87.4 Å². The van der Waals surface area contributed by atoms with Crippen LogP contribution in [0.2, 0.25) is 0 Å². The number of H-pyrrole nitrogens is 2. The van der Waals surface area contributed by atoms with E-state index < -0.39 is 32.5 Å². The molecular weight excluding hydrogens is 744 g/mol. The normalized spacial score (nSPS) is 11.2. The highest BCUT2D eigenvalue weighted by Gasteiger charge is 2.33. The monoisotopic (exact) mass is 782 g/mol. The fourth-order valence-electron chi connectivity index (χ4n) is 6.64. The van der Waals surface area contributed by atoms with E-state index in [4.69, 9.17) is 15.3 Å². The molecule has 0 amide bonds. The molecule has 8 rings (SSSR count). The average Bonchev–Trinajstić information content (AvgIpc) is 3.93. The van der Waals surface area contributed by atoms with Gasteiger partial charge >= 0.3 is 28.5 Å². The Kier molecular flexibility index (Phi) is 11.0. The average molecular weight is 783 g/mol. The largest absolute Gasteiger partial charge is 0.358 e. The van der Waals surface area contributed by atoms with Crippen molar-refractivity contribution in [2.45, 2.75) is 52.6 Å². The van der Waals surface area contributed by atoms with Crippen molar-refractivity contribution in [1.29, 1.82) is 0 Å². The number of aryl methyl sites for hydroxylation is 4. The van der Waals surface area contributed by atoms with E-state index in [-0.39, 0.29) is 22.8 Å². The van der Waals surface area contributed by atoms with E-state index in [1.807, 2.05) is 49.5 Å². The zero-order valence-electron chi connectivity index (χ0n) is 31.3. The molecule has 57 heavy (non-hydrogen) atoms. The highest BCUT2D eigenvalue weighted by atomic mass is 16.9. The lowest BCUT2D eigenvalue weighted by Crippen LogP contribution is -2.28. The summed E-state index contributed by atoms with van der Waals surface area (Å²) in [6.45, 7) is 5.45. The summed E-state index contributed by atoms with van der Waals surface area (Å²) in [6, 6.07) is 19.0. The van der Waals surface area contributed by atoms with Gasteiger partial charge in [0.15, 0.2) is 16.8 Å². The van der Waals surface area contributed by atoms with E-state index in [0.29, 0.717) is 34.7 Å². The van der Waals surface area contributed by atoms with Gasteiger partial charge < -0.3 is 19.9 Å². The maximum atomic E-state index is 12.5. The fraction of sp³-hybridized carbons (Fsp3) is 0.278. The molecule has 0 aliphatic heterocycles. The molecule has 0 radical (unpaired) electrons. The Labute approximate surface area is 319 Å². The van der Waals surface area contributed by atoms with Crippen LogP contribution in [0.15, 0.2) is 86.0 Å². The number of hydrogen-bond acceptors (Lipinski definition) is 10. The third kappa shape index (κ3) is 7.20. The smallest absolute Gasteiger partial charge is 0.355 e. The number of aromatic amines is 2. The van der Waals surface area contributed by atoms with Crippen LogP contribution in [0.3, 0.4) is 0 Å². The van der Waals surface area contributed by atoms with Crippen LogP contribution in [-0.4, -0.2) is 62.2 Å². The molecule has 0 atom stereocenters. The number of nitrogens with one attached hydrogen (secondary N) is 2. The number of benzene rings is 2. The van der Waals surface area contributed by atoms with Gasteiger partial charge in [0.05, 0.1) is 5.69 Å². The van der Waals surface area contributed by atoms with Crippen LogP contribution in [0.5, 0.6) is 0 Å². The van der Waals surface area contributed by atoms with Crippen molar-refractivity contribution in [2.24, 2.45) is 14.1 Å². The first kappa shape index (κ1) is 39.1. The Morgan fingerprint density at radius 2 is 1.18 bits per heavy atom. The van der Waals surface area contributed by atoms with Gasteiger partial charge in [0.25, 0.3) is 10.6 Å². The number of nitro groups is 1. The van der Waals surface area contributed by atoms with Crippen LogP contribution in [0.1, 0.15) is 39.5 Å². The predicted octanol–water partition coefficient (Wildman–Crippen LogP) is 3.85. The number of imidazole rings is 4. The molecular formula is C36H38N12O9. The number of hydrogen-bond donors (Lipinski definition) is 3. The van der Waals surface area contributed by atoms with Gasteiger partial charge in [-0.15, -0.1) is 14.5 Å². The SMILES string of the molecule is CCCCn1c(-c2ccccc2)c([N+](=O)[O-])n2c3c(=O)[nH]c(=O)n(C)c3nc12.CCCCn1c(-c2ccccc2)cn2c3c(=O)[nH]c(=O)n(C)c3nc12.O=[N+]([O-])O. The molecule has 21 heteroatoms. The van der Waals surface area contributed by atoms with Crippen LogP contribution in [0.4, 0.5) is 5.82 Å². The van der Waals surface area contributed by atoms with Crippen molar-refractivity contribution in [1.82, 2.24) is 47.0 Å². The molecule has 0 aliphatic rings. The molecule has 6 aromatic heterocycles.